The van der Waals surface area contributed by atoms with Crippen molar-refractivity contribution in [3.05, 3.63) is 59.2 Å². The van der Waals surface area contributed by atoms with Gasteiger partial charge in [0.15, 0.2) is 0 Å². The minimum atomic E-state index is 0.468. The Balaban J connectivity index is 1.78. The molecule has 2 aromatic carbocycles. The lowest BCUT2D eigenvalue weighted by molar-refractivity contribution is 0.302. The largest absolute Gasteiger partial charge is 0.487 e. The second kappa shape index (κ2) is 4.86. The number of aromatic amines is 1. The predicted octanol–water partition coefficient (Wildman–Crippen LogP) is 3.98. The molecule has 1 aromatic heterocycles. The lowest BCUT2D eigenvalue weighted by Gasteiger charge is -2.04. The maximum Gasteiger partial charge on any atom is 0.128 e. The van der Waals surface area contributed by atoms with Crippen molar-refractivity contribution >= 4 is 28.2 Å². The predicted molar refractivity (Wildman–Crippen MR) is 78.5 cm³/mol. The summed E-state index contributed by atoms with van der Waals surface area (Å²) in [6.45, 7) is 0.468. The van der Waals surface area contributed by atoms with Crippen LogP contribution < -0.4 is 10.5 Å². The number of anilines is 1. The second-order valence-electron chi connectivity index (χ2n) is 4.35. The summed E-state index contributed by atoms with van der Waals surface area (Å²) >= 11 is 5.82. The molecule has 0 saturated carbocycles. The van der Waals surface area contributed by atoms with E-state index in [4.69, 9.17) is 22.1 Å². The summed E-state index contributed by atoms with van der Waals surface area (Å²) in [5.41, 5.74) is 8.60. The standard InChI is InChI=1S/C15H13ClN2O/c16-11-4-6-13(7-5-11)19-9-12-8-10-2-1-3-14(17)15(10)18-12/h1-8,18H,9,17H2. The van der Waals surface area contributed by atoms with Gasteiger partial charge in [0.25, 0.3) is 0 Å². The molecule has 0 amide bonds. The van der Waals surface area contributed by atoms with Crippen molar-refractivity contribution in [1.82, 2.24) is 4.98 Å². The number of hydrogen-bond donors (Lipinski definition) is 2. The minimum absolute atomic E-state index is 0.468. The Bertz CT molecular complexity index is 704. The van der Waals surface area contributed by atoms with E-state index in [2.05, 4.69) is 4.98 Å². The molecule has 3 aromatic rings. The highest BCUT2D eigenvalue weighted by Crippen LogP contribution is 2.22. The van der Waals surface area contributed by atoms with Crippen molar-refractivity contribution in [1.29, 1.82) is 0 Å². The maximum absolute atomic E-state index is 5.91. The van der Waals surface area contributed by atoms with Gasteiger partial charge < -0.3 is 15.5 Å². The average Bonchev–Trinajstić information content (AvgIpc) is 2.83. The van der Waals surface area contributed by atoms with Gasteiger partial charge in [-0.05, 0) is 36.4 Å². The van der Waals surface area contributed by atoms with Crippen LogP contribution in [0.4, 0.5) is 5.69 Å². The van der Waals surface area contributed by atoms with Crippen LogP contribution in [0.2, 0.25) is 5.02 Å². The zero-order valence-electron chi connectivity index (χ0n) is 10.2. The van der Waals surface area contributed by atoms with Gasteiger partial charge in [0.05, 0.1) is 16.9 Å². The number of nitrogen functional groups attached to an aromatic ring is 1. The fourth-order valence-electron chi connectivity index (χ4n) is 2.01. The Kier molecular flexibility index (Phi) is 3.05. The highest BCUT2D eigenvalue weighted by molar-refractivity contribution is 6.30. The zero-order chi connectivity index (χ0) is 13.2. The SMILES string of the molecule is Nc1cccc2cc(COc3ccc(Cl)cc3)[nH]c12. The molecular formula is C15H13ClN2O. The van der Waals surface area contributed by atoms with Crippen LogP contribution in [0, 0.1) is 0 Å². The summed E-state index contributed by atoms with van der Waals surface area (Å²) in [5.74, 6) is 0.788. The molecule has 0 aliphatic rings. The zero-order valence-corrected chi connectivity index (χ0v) is 10.9. The molecule has 0 aliphatic carbocycles. The number of nitrogens with one attached hydrogen (secondary N) is 1. The summed E-state index contributed by atoms with van der Waals surface area (Å²) in [7, 11) is 0. The molecule has 96 valence electrons. The first kappa shape index (κ1) is 11.9. The smallest absolute Gasteiger partial charge is 0.128 e. The van der Waals surface area contributed by atoms with Crippen LogP contribution in [-0.4, -0.2) is 4.98 Å². The molecule has 0 unspecified atom stereocenters. The molecule has 4 heteroatoms. The van der Waals surface area contributed by atoms with Crippen molar-refractivity contribution in [3.63, 3.8) is 0 Å². The summed E-state index contributed by atoms with van der Waals surface area (Å²) in [6, 6.07) is 15.2. The van der Waals surface area contributed by atoms with Crippen LogP contribution in [-0.2, 0) is 6.61 Å². The molecule has 0 saturated heterocycles. The van der Waals surface area contributed by atoms with Crippen molar-refractivity contribution in [2.75, 3.05) is 5.73 Å². The number of aromatic nitrogens is 1. The van der Waals surface area contributed by atoms with Gasteiger partial charge in [-0.15, -0.1) is 0 Å². The number of rotatable bonds is 3. The fourth-order valence-corrected chi connectivity index (χ4v) is 2.13. The van der Waals surface area contributed by atoms with Gasteiger partial charge in [-0.2, -0.15) is 0 Å². The highest BCUT2D eigenvalue weighted by atomic mass is 35.5. The molecule has 0 spiro atoms. The van der Waals surface area contributed by atoms with Crippen molar-refractivity contribution in [3.8, 4) is 5.75 Å². The molecule has 0 fully saturated rings. The Morgan fingerprint density at radius 2 is 1.89 bits per heavy atom. The lowest BCUT2D eigenvalue weighted by atomic mass is 10.2. The van der Waals surface area contributed by atoms with E-state index < -0.39 is 0 Å². The van der Waals surface area contributed by atoms with E-state index in [0.717, 1.165) is 28.0 Å². The number of H-pyrrole nitrogens is 1. The van der Waals surface area contributed by atoms with Gasteiger partial charge >= 0.3 is 0 Å². The topological polar surface area (TPSA) is 51.0 Å². The third kappa shape index (κ3) is 2.51. The number of para-hydroxylation sites is 1. The quantitative estimate of drug-likeness (QED) is 0.709. The van der Waals surface area contributed by atoms with Gasteiger partial charge in [0.1, 0.15) is 12.4 Å². The Morgan fingerprint density at radius 3 is 2.63 bits per heavy atom. The van der Waals surface area contributed by atoms with Crippen molar-refractivity contribution in [2.24, 2.45) is 0 Å². The van der Waals surface area contributed by atoms with Gasteiger partial charge in [0.2, 0.25) is 0 Å². The van der Waals surface area contributed by atoms with Crippen LogP contribution in [0.15, 0.2) is 48.5 Å². The first-order valence-corrected chi connectivity index (χ1v) is 6.34. The summed E-state index contributed by atoms with van der Waals surface area (Å²) in [5, 5.41) is 1.79. The molecule has 0 atom stereocenters. The van der Waals surface area contributed by atoms with Gasteiger partial charge in [-0.25, -0.2) is 0 Å². The van der Waals surface area contributed by atoms with Gasteiger partial charge in [-0.3, -0.25) is 0 Å². The van der Waals surface area contributed by atoms with Crippen molar-refractivity contribution in [2.45, 2.75) is 6.61 Å². The number of benzene rings is 2. The van der Waals surface area contributed by atoms with Crippen LogP contribution in [0.3, 0.4) is 0 Å². The monoisotopic (exact) mass is 272 g/mol. The molecular weight excluding hydrogens is 260 g/mol. The molecule has 3 rings (SSSR count). The first-order valence-electron chi connectivity index (χ1n) is 5.97. The number of nitrogens with two attached hydrogens (primary N) is 1. The molecule has 19 heavy (non-hydrogen) atoms. The van der Waals surface area contributed by atoms with E-state index in [9.17, 15) is 0 Å². The number of halogens is 1. The second-order valence-corrected chi connectivity index (χ2v) is 4.79. The summed E-state index contributed by atoms with van der Waals surface area (Å²) in [6.07, 6.45) is 0. The van der Waals surface area contributed by atoms with E-state index >= 15 is 0 Å². The minimum Gasteiger partial charge on any atom is -0.487 e. The lowest BCUT2D eigenvalue weighted by Crippen LogP contribution is -1.95. The third-order valence-corrected chi connectivity index (χ3v) is 3.20. The van der Waals surface area contributed by atoms with E-state index in [-0.39, 0.29) is 0 Å². The van der Waals surface area contributed by atoms with E-state index in [1.165, 1.54) is 0 Å². The van der Waals surface area contributed by atoms with E-state index in [0.29, 0.717) is 11.6 Å². The fraction of sp³-hybridized carbons (Fsp3) is 0.0667. The Hall–Kier alpha value is -2.13. The molecule has 3 nitrogen and oxygen atoms in total. The molecule has 1 heterocycles. The average molecular weight is 273 g/mol. The molecule has 3 N–H and O–H groups in total. The van der Waals surface area contributed by atoms with Crippen LogP contribution in [0.5, 0.6) is 5.75 Å². The summed E-state index contributed by atoms with van der Waals surface area (Å²) < 4.78 is 5.69. The van der Waals surface area contributed by atoms with Crippen LogP contribution in [0.1, 0.15) is 5.69 Å². The van der Waals surface area contributed by atoms with Gasteiger partial charge in [-0.1, -0.05) is 23.7 Å². The molecule has 0 radical (unpaired) electrons. The highest BCUT2D eigenvalue weighted by Gasteiger charge is 2.04. The van der Waals surface area contributed by atoms with E-state index in [1.54, 1.807) is 12.1 Å². The summed E-state index contributed by atoms with van der Waals surface area (Å²) in [4.78, 5) is 3.27. The first-order chi connectivity index (χ1) is 9.22. The van der Waals surface area contributed by atoms with Crippen LogP contribution in [0.25, 0.3) is 10.9 Å². The molecule has 0 aliphatic heterocycles. The molecule has 0 bridgehead atoms. The maximum atomic E-state index is 5.91. The number of ether oxygens (including phenoxy) is 1. The van der Waals surface area contributed by atoms with Crippen LogP contribution >= 0.6 is 11.6 Å². The number of hydrogen-bond acceptors (Lipinski definition) is 2. The third-order valence-electron chi connectivity index (χ3n) is 2.95. The Morgan fingerprint density at radius 1 is 1.11 bits per heavy atom. The Labute approximate surface area is 116 Å². The van der Waals surface area contributed by atoms with Crippen molar-refractivity contribution < 1.29 is 4.74 Å². The normalized spacial score (nSPS) is 10.8. The number of fused-ring (bicyclic) bond motifs is 1. The van der Waals surface area contributed by atoms with E-state index in [1.807, 2.05) is 36.4 Å². The van der Waals surface area contributed by atoms with Gasteiger partial charge in [0, 0.05) is 10.4 Å².